The van der Waals surface area contributed by atoms with Gasteiger partial charge in [0.05, 0.1) is 10.4 Å². The Balaban J connectivity index is 1.36. The minimum Gasteiger partial charge on any atom is -0.384 e. The first kappa shape index (κ1) is 20.7. The Bertz CT molecular complexity index is 1160. The van der Waals surface area contributed by atoms with Gasteiger partial charge in [-0.3, -0.25) is 0 Å². The lowest BCUT2D eigenvalue weighted by molar-refractivity contribution is 0.251. The maximum Gasteiger partial charge on any atom is 0.319 e. The molecule has 2 fully saturated rings. The second kappa shape index (κ2) is 8.05. The average molecular weight is 454 g/mol. The fraction of sp³-hybridized carbons (Fsp3) is 0.261. The maximum absolute atomic E-state index is 13.6. The molecule has 2 saturated carbocycles. The van der Waals surface area contributed by atoms with Crippen LogP contribution in [0.15, 0.2) is 53.4 Å². The SMILES string of the molecule is Nc1cc(C2(Sc3cc(F)cc(F)c3)CC2)nc(-c2ccc(NC(=O)NC3CC3)cc2)n1. The Morgan fingerprint density at radius 3 is 2.34 bits per heavy atom. The molecule has 4 N–H and O–H groups in total. The molecule has 0 unspecified atom stereocenters. The van der Waals surface area contributed by atoms with E-state index in [-0.39, 0.29) is 16.8 Å². The predicted molar refractivity (Wildman–Crippen MR) is 120 cm³/mol. The number of carbonyl (C=O) groups excluding carboxylic acids is 1. The molecule has 0 aliphatic heterocycles. The van der Waals surface area contributed by atoms with Crippen LogP contribution in [0.5, 0.6) is 0 Å². The molecule has 0 spiro atoms. The van der Waals surface area contributed by atoms with Crippen LogP contribution in [0.25, 0.3) is 11.4 Å². The molecule has 0 atom stereocenters. The molecule has 32 heavy (non-hydrogen) atoms. The largest absolute Gasteiger partial charge is 0.384 e. The quantitative estimate of drug-likeness (QED) is 0.485. The fourth-order valence-electron chi connectivity index (χ4n) is 3.45. The molecule has 2 aliphatic carbocycles. The summed E-state index contributed by atoms with van der Waals surface area (Å²) in [5.74, 6) is -0.420. The number of hydrogen-bond donors (Lipinski definition) is 3. The first-order valence-corrected chi connectivity index (χ1v) is 11.2. The van der Waals surface area contributed by atoms with Gasteiger partial charge in [-0.1, -0.05) is 0 Å². The number of hydrogen-bond acceptors (Lipinski definition) is 5. The Hall–Kier alpha value is -3.20. The highest BCUT2D eigenvalue weighted by Gasteiger charge is 2.47. The smallest absolute Gasteiger partial charge is 0.319 e. The van der Waals surface area contributed by atoms with Crippen molar-refractivity contribution >= 4 is 29.3 Å². The van der Waals surface area contributed by atoms with E-state index in [9.17, 15) is 13.6 Å². The van der Waals surface area contributed by atoms with Crippen LogP contribution >= 0.6 is 11.8 Å². The van der Waals surface area contributed by atoms with Crippen LogP contribution < -0.4 is 16.4 Å². The predicted octanol–water partition coefficient (Wildman–Crippen LogP) is 5.07. The number of benzene rings is 2. The standard InChI is InChI=1S/C23H21F2N5OS/c24-14-9-15(25)11-18(10-14)32-23(7-8-23)19-12-20(26)30-21(29-19)13-1-3-16(4-2-13)27-22(31)28-17-5-6-17/h1-4,9-12,17H,5-8H2,(H2,26,29,30)(H2,27,28,31). The number of nitrogens with one attached hydrogen (secondary N) is 2. The molecule has 3 aromatic rings. The lowest BCUT2D eigenvalue weighted by Gasteiger charge is -2.16. The maximum atomic E-state index is 13.6. The van der Waals surface area contributed by atoms with Gasteiger partial charge in [-0.2, -0.15) is 0 Å². The van der Waals surface area contributed by atoms with E-state index in [1.54, 1.807) is 18.2 Å². The second-order valence-corrected chi connectivity index (χ2v) is 9.61. The van der Waals surface area contributed by atoms with Crippen molar-refractivity contribution in [2.45, 2.75) is 41.4 Å². The minimum absolute atomic E-state index is 0.218. The van der Waals surface area contributed by atoms with Crippen LogP contribution in [-0.2, 0) is 4.75 Å². The molecule has 6 nitrogen and oxygen atoms in total. The number of aromatic nitrogens is 2. The molecule has 2 aromatic carbocycles. The minimum atomic E-state index is -0.606. The zero-order valence-electron chi connectivity index (χ0n) is 17.1. The first-order chi connectivity index (χ1) is 15.4. The number of anilines is 2. The van der Waals surface area contributed by atoms with Gasteiger partial charge in [0.25, 0.3) is 0 Å². The third-order valence-corrected chi connectivity index (χ3v) is 6.86. The van der Waals surface area contributed by atoms with E-state index in [1.807, 2.05) is 12.1 Å². The van der Waals surface area contributed by atoms with Crippen molar-refractivity contribution in [2.75, 3.05) is 11.1 Å². The Labute approximate surface area is 188 Å². The number of urea groups is 1. The Morgan fingerprint density at radius 1 is 1.03 bits per heavy atom. The number of thioether (sulfide) groups is 1. The molecule has 0 saturated heterocycles. The van der Waals surface area contributed by atoms with Crippen molar-refractivity contribution in [2.24, 2.45) is 0 Å². The van der Waals surface area contributed by atoms with E-state index < -0.39 is 11.6 Å². The summed E-state index contributed by atoms with van der Waals surface area (Å²) in [5.41, 5.74) is 8.22. The van der Waals surface area contributed by atoms with Crippen molar-refractivity contribution in [3.05, 3.63) is 65.9 Å². The summed E-state index contributed by atoms with van der Waals surface area (Å²) < 4.78 is 26.9. The molecule has 2 amide bonds. The first-order valence-electron chi connectivity index (χ1n) is 10.4. The lowest BCUT2D eigenvalue weighted by atomic mass is 10.1. The molecular weight excluding hydrogens is 432 g/mol. The van der Waals surface area contributed by atoms with Crippen LogP contribution in [0, 0.1) is 11.6 Å². The normalized spacial score (nSPS) is 16.4. The van der Waals surface area contributed by atoms with Crippen molar-refractivity contribution in [3.8, 4) is 11.4 Å². The van der Waals surface area contributed by atoms with Crippen molar-refractivity contribution < 1.29 is 13.6 Å². The third kappa shape index (κ3) is 4.67. The zero-order valence-corrected chi connectivity index (χ0v) is 17.9. The van der Waals surface area contributed by atoms with Gasteiger partial charge >= 0.3 is 6.03 Å². The van der Waals surface area contributed by atoms with Gasteiger partial charge in [0.15, 0.2) is 5.82 Å². The van der Waals surface area contributed by atoms with E-state index in [0.29, 0.717) is 22.2 Å². The summed E-state index contributed by atoms with van der Waals surface area (Å²) in [6.07, 6.45) is 3.69. The highest BCUT2D eigenvalue weighted by atomic mass is 32.2. The molecule has 164 valence electrons. The summed E-state index contributed by atoms with van der Waals surface area (Å²) in [7, 11) is 0. The Morgan fingerprint density at radius 2 is 1.72 bits per heavy atom. The van der Waals surface area contributed by atoms with E-state index >= 15 is 0 Å². The van der Waals surface area contributed by atoms with Gasteiger partial charge in [-0.25, -0.2) is 23.5 Å². The van der Waals surface area contributed by atoms with Crippen molar-refractivity contribution in [1.82, 2.24) is 15.3 Å². The number of nitrogens with two attached hydrogens (primary N) is 1. The molecule has 5 rings (SSSR count). The molecule has 9 heteroatoms. The van der Waals surface area contributed by atoms with Crippen molar-refractivity contribution in [1.29, 1.82) is 0 Å². The van der Waals surface area contributed by atoms with E-state index in [2.05, 4.69) is 15.6 Å². The lowest BCUT2D eigenvalue weighted by Crippen LogP contribution is -2.30. The van der Waals surface area contributed by atoms with E-state index in [1.165, 1.54) is 23.9 Å². The topological polar surface area (TPSA) is 92.9 Å². The van der Waals surface area contributed by atoms with Gasteiger partial charge in [0.1, 0.15) is 17.5 Å². The monoisotopic (exact) mass is 453 g/mol. The van der Waals surface area contributed by atoms with Gasteiger partial charge in [-0.15, -0.1) is 11.8 Å². The molecule has 2 aliphatic rings. The van der Waals surface area contributed by atoms with E-state index in [4.69, 9.17) is 10.7 Å². The van der Waals surface area contributed by atoms with Crippen LogP contribution in [0.2, 0.25) is 0 Å². The number of nitrogens with zero attached hydrogens (tertiary/aromatic N) is 2. The summed E-state index contributed by atoms with van der Waals surface area (Å²) in [6, 6.07) is 12.5. The van der Waals surface area contributed by atoms with Crippen LogP contribution in [0.4, 0.5) is 25.1 Å². The average Bonchev–Trinajstić information content (AvgIpc) is 3.65. The van der Waals surface area contributed by atoms with Gasteiger partial charge < -0.3 is 16.4 Å². The van der Waals surface area contributed by atoms with Gasteiger partial charge in [0.2, 0.25) is 0 Å². The Kier molecular flexibility index (Phi) is 5.21. The summed E-state index contributed by atoms with van der Waals surface area (Å²) in [6.45, 7) is 0. The van der Waals surface area contributed by atoms with E-state index in [0.717, 1.165) is 43.0 Å². The highest BCUT2D eigenvalue weighted by Crippen LogP contribution is 2.59. The van der Waals surface area contributed by atoms with Crippen LogP contribution in [0.1, 0.15) is 31.4 Å². The highest BCUT2D eigenvalue weighted by molar-refractivity contribution is 8.00. The molecular formula is C23H21F2N5OS. The second-order valence-electron chi connectivity index (χ2n) is 8.15. The van der Waals surface area contributed by atoms with Crippen LogP contribution in [0.3, 0.4) is 0 Å². The summed E-state index contributed by atoms with van der Waals surface area (Å²) in [5, 5.41) is 5.68. The molecule has 1 heterocycles. The van der Waals surface area contributed by atoms with Gasteiger partial charge in [0, 0.05) is 34.3 Å². The number of carbonyl (C=O) groups is 1. The molecule has 0 bridgehead atoms. The third-order valence-electron chi connectivity index (χ3n) is 5.38. The zero-order chi connectivity index (χ0) is 22.3. The molecule has 1 aromatic heterocycles. The summed E-state index contributed by atoms with van der Waals surface area (Å²) in [4.78, 5) is 21.5. The number of amides is 2. The number of nitrogen functional groups attached to an aromatic ring is 1. The van der Waals surface area contributed by atoms with Gasteiger partial charge in [-0.05, 0) is 62.1 Å². The molecule has 0 radical (unpaired) electrons. The number of rotatable bonds is 6. The van der Waals surface area contributed by atoms with Crippen LogP contribution in [-0.4, -0.2) is 22.0 Å². The number of halogens is 2. The van der Waals surface area contributed by atoms with Crippen molar-refractivity contribution in [3.63, 3.8) is 0 Å². The summed E-state index contributed by atoms with van der Waals surface area (Å²) >= 11 is 1.39. The fourth-order valence-corrected chi connectivity index (χ4v) is 4.76.